The lowest BCUT2D eigenvalue weighted by atomic mass is 10.0. The Morgan fingerprint density at radius 2 is 1.83 bits per heavy atom. The lowest BCUT2D eigenvalue weighted by Gasteiger charge is -2.27. The first-order valence-electron chi connectivity index (χ1n) is 5.97. The third kappa shape index (κ3) is 4.31. The van der Waals surface area contributed by atoms with E-state index in [1.807, 2.05) is 0 Å². The minimum atomic E-state index is -4.34. The minimum absolute atomic E-state index is 0.120. The van der Waals surface area contributed by atoms with E-state index in [2.05, 4.69) is 5.32 Å². The van der Waals surface area contributed by atoms with E-state index in [0.717, 1.165) is 0 Å². The van der Waals surface area contributed by atoms with E-state index in [-0.39, 0.29) is 18.2 Å². The van der Waals surface area contributed by atoms with Crippen molar-refractivity contribution in [1.29, 1.82) is 0 Å². The van der Waals surface area contributed by atoms with Gasteiger partial charge < -0.3 is 5.11 Å². The second kappa shape index (κ2) is 6.75. The quantitative estimate of drug-likeness (QED) is 0.825. The van der Waals surface area contributed by atoms with Crippen molar-refractivity contribution in [2.45, 2.75) is 38.0 Å². The number of nitrogens with one attached hydrogen (secondary N) is 1. The number of aliphatic hydroxyl groups excluding tert-OH is 1. The van der Waals surface area contributed by atoms with Crippen molar-refractivity contribution >= 4 is 0 Å². The molecule has 0 saturated carbocycles. The van der Waals surface area contributed by atoms with Crippen molar-refractivity contribution < 1.29 is 18.3 Å². The summed E-state index contributed by atoms with van der Waals surface area (Å²) in [5.41, 5.74) is 0.196. The molecule has 0 aromatic heterocycles. The molecule has 2 nitrogen and oxygen atoms in total. The van der Waals surface area contributed by atoms with Gasteiger partial charge >= 0.3 is 6.18 Å². The summed E-state index contributed by atoms with van der Waals surface area (Å²) < 4.78 is 39.1. The average molecular weight is 261 g/mol. The Hall–Kier alpha value is -1.07. The van der Waals surface area contributed by atoms with Crippen molar-refractivity contribution in [3.05, 3.63) is 35.9 Å². The highest BCUT2D eigenvalue weighted by Crippen LogP contribution is 2.33. The van der Waals surface area contributed by atoms with Crippen LogP contribution in [0.5, 0.6) is 0 Å². The Labute approximate surface area is 105 Å². The van der Waals surface area contributed by atoms with Crippen LogP contribution in [0.3, 0.4) is 0 Å². The second-order valence-electron chi connectivity index (χ2n) is 4.17. The first-order chi connectivity index (χ1) is 8.49. The Morgan fingerprint density at radius 1 is 1.22 bits per heavy atom. The van der Waals surface area contributed by atoms with Crippen molar-refractivity contribution in [2.75, 3.05) is 6.61 Å². The van der Waals surface area contributed by atoms with Crippen LogP contribution >= 0.6 is 0 Å². The van der Waals surface area contributed by atoms with Crippen LogP contribution in [-0.4, -0.2) is 23.9 Å². The topological polar surface area (TPSA) is 32.3 Å². The smallest absolute Gasteiger partial charge is 0.396 e. The maximum Gasteiger partial charge on any atom is 0.407 e. The third-order valence-corrected chi connectivity index (χ3v) is 2.83. The van der Waals surface area contributed by atoms with Gasteiger partial charge in [-0.25, -0.2) is 0 Å². The number of hydrogen-bond donors (Lipinski definition) is 2. The second-order valence-corrected chi connectivity index (χ2v) is 4.17. The molecule has 1 rings (SSSR count). The van der Waals surface area contributed by atoms with Crippen LogP contribution in [0, 0.1) is 0 Å². The van der Waals surface area contributed by atoms with Gasteiger partial charge in [0.05, 0.1) is 0 Å². The van der Waals surface area contributed by atoms with Gasteiger partial charge in [0.15, 0.2) is 0 Å². The summed E-state index contributed by atoms with van der Waals surface area (Å²) in [6.45, 7) is 1.68. The van der Waals surface area contributed by atoms with Gasteiger partial charge in [-0.1, -0.05) is 37.3 Å². The summed E-state index contributed by atoms with van der Waals surface area (Å²) in [5.74, 6) is 0. The summed E-state index contributed by atoms with van der Waals surface area (Å²) in [7, 11) is 0. The number of benzene rings is 1. The summed E-state index contributed by atoms with van der Waals surface area (Å²) >= 11 is 0. The number of alkyl halides is 3. The average Bonchev–Trinajstić information content (AvgIpc) is 2.34. The highest BCUT2D eigenvalue weighted by molar-refractivity contribution is 5.20. The fourth-order valence-electron chi connectivity index (χ4n) is 1.82. The molecule has 5 heteroatoms. The van der Waals surface area contributed by atoms with Gasteiger partial charge in [-0.15, -0.1) is 0 Å². The molecule has 1 aromatic rings. The van der Waals surface area contributed by atoms with E-state index >= 15 is 0 Å². The number of rotatable bonds is 6. The van der Waals surface area contributed by atoms with E-state index in [1.165, 1.54) is 12.1 Å². The van der Waals surface area contributed by atoms with Gasteiger partial charge in [-0.3, -0.25) is 5.32 Å². The predicted molar refractivity (Wildman–Crippen MR) is 64.2 cm³/mol. The summed E-state index contributed by atoms with van der Waals surface area (Å²) in [5, 5.41) is 11.4. The molecular weight excluding hydrogens is 243 g/mol. The zero-order chi connectivity index (χ0) is 13.6. The van der Waals surface area contributed by atoms with E-state index in [9.17, 15) is 13.2 Å². The van der Waals surface area contributed by atoms with Crippen LogP contribution in [0.1, 0.15) is 31.4 Å². The highest BCUT2D eigenvalue weighted by atomic mass is 19.4. The zero-order valence-corrected chi connectivity index (χ0v) is 10.2. The van der Waals surface area contributed by atoms with Crippen molar-refractivity contribution in [3.8, 4) is 0 Å². The minimum Gasteiger partial charge on any atom is -0.396 e. The van der Waals surface area contributed by atoms with Crippen LogP contribution in [0.25, 0.3) is 0 Å². The molecule has 0 aliphatic heterocycles. The fraction of sp³-hybridized carbons (Fsp3) is 0.538. The van der Waals surface area contributed by atoms with E-state index in [0.29, 0.717) is 12.8 Å². The zero-order valence-electron chi connectivity index (χ0n) is 10.2. The molecule has 2 atom stereocenters. The molecule has 18 heavy (non-hydrogen) atoms. The molecule has 0 aliphatic carbocycles. The van der Waals surface area contributed by atoms with Crippen molar-refractivity contribution in [3.63, 3.8) is 0 Å². The van der Waals surface area contributed by atoms with Crippen molar-refractivity contribution in [2.24, 2.45) is 0 Å². The Morgan fingerprint density at radius 3 is 2.28 bits per heavy atom. The molecule has 102 valence electrons. The van der Waals surface area contributed by atoms with Crippen molar-refractivity contribution in [1.82, 2.24) is 5.32 Å². The molecule has 1 aromatic carbocycles. The lowest BCUT2D eigenvalue weighted by molar-refractivity contribution is -0.160. The first kappa shape index (κ1) is 15.0. The Kier molecular flexibility index (Phi) is 5.62. The van der Waals surface area contributed by atoms with Crippen LogP contribution < -0.4 is 5.32 Å². The van der Waals surface area contributed by atoms with Crippen LogP contribution in [0.4, 0.5) is 13.2 Å². The molecule has 0 aliphatic rings. The predicted octanol–water partition coefficient (Wildman–Crippen LogP) is 3.04. The molecule has 0 amide bonds. The normalized spacial score (nSPS) is 15.4. The maximum atomic E-state index is 13.0. The Bertz CT molecular complexity index is 340. The van der Waals surface area contributed by atoms with Gasteiger partial charge in [-0.2, -0.15) is 13.2 Å². The highest BCUT2D eigenvalue weighted by Gasteiger charge is 2.41. The van der Waals surface area contributed by atoms with Crippen LogP contribution in [-0.2, 0) is 0 Å². The van der Waals surface area contributed by atoms with E-state index < -0.39 is 12.2 Å². The Balaban J connectivity index is 2.86. The van der Waals surface area contributed by atoms with Gasteiger partial charge in [-0.05, 0) is 18.4 Å². The van der Waals surface area contributed by atoms with Gasteiger partial charge in [0.1, 0.15) is 6.04 Å². The molecule has 0 spiro atoms. The van der Waals surface area contributed by atoms with E-state index in [1.54, 1.807) is 25.1 Å². The van der Waals surface area contributed by atoms with Crippen LogP contribution in [0.2, 0.25) is 0 Å². The van der Waals surface area contributed by atoms with E-state index in [4.69, 9.17) is 5.11 Å². The number of aliphatic hydroxyl groups is 1. The molecule has 0 fully saturated rings. The molecule has 2 unspecified atom stereocenters. The molecule has 0 heterocycles. The molecular formula is C13H18F3NO. The third-order valence-electron chi connectivity index (χ3n) is 2.83. The summed E-state index contributed by atoms with van der Waals surface area (Å²) in [4.78, 5) is 0. The fourth-order valence-corrected chi connectivity index (χ4v) is 1.82. The van der Waals surface area contributed by atoms with Gasteiger partial charge in [0.2, 0.25) is 0 Å². The number of halogens is 3. The maximum absolute atomic E-state index is 13.0. The first-order valence-corrected chi connectivity index (χ1v) is 5.97. The van der Waals surface area contributed by atoms with Crippen LogP contribution in [0.15, 0.2) is 30.3 Å². The standard InChI is InChI=1S/C13H18F3NO/c1-2-11(8-9-18)17-12(13(14,15)16)10-6-4-3-5-7-10/h3-7,11-12,17-18H,2,8-9H2,1H3. The van der Waals surface area contributed by atoms with Gasteiger partial charge in [0, 0.05) is 12.6 Å². The van der Waals surface area contributed by atoms with Gasteiger partial charge in [0.25, 0.3) is 0 Å². The largest absolute Gasteiger partial charge is 0.407 e. The molecule has 0 radical (unpaired) electrons. The summed E-state index contributed by atoms with van der Waals surface area (Å²) in [6.07, 6.45) is -3.49. The monoisotopic (exact) mass is 261 g/mol. The lowest BCUT2D eigenvalue weighted by Crippen LogP contribution is -2.40. The SMILES string of the molecule is CCC(CCO)NC(c1ccccc1)C(F)(F)F. The molecule has 2 N–H and O–H groups in total. The molecule has 0 bridgehead atoms. The summed E-state index contributed by atoms with van der Waals surface area (Å²) in [6, 6.07) is 5.73. The molecule has 0 saturated heterocycles. The number of hydrogen-bond acceptors (Lipinski definition) is 2.